The lowest BCUT2D eigenvalue weighted by Gasteiger charge is -2.32. The van der Waals surface area contributed by atoms with Crippen molar-refractivity contribution >= 4 is 21.9 Å². The first-order valence-electron chi connectivity index (χ1n) is 9.52. The first kappa shape index (κ1) is 20.7. The van der Waals surface area contributed by atoms with Crippen LogP contribution in [0.25, 0.3) is 11.1 Å². The number of benzene rings is 2. The summed E-state index contributed by atoms with van der Waals surface area (Å²) in [4.78, 5) is 6.67. The van der Waals surface area contributed by atoms with E-state index in [-0.39, 0.29) is 0 Å². The monoisotopic (exact) mass is 445 g/mol. The summed E-state index contributed by atoms with van der Waals surface area (Å²) >= 11 is 3.65. The number of aliphatic imine (C=N–C) groups is 1. The number of nitrogens with two attached hydrogens (primary N) is 1. The molecule has 1 aliphatic rings. The fourth-order valence-electron chi connectivity index (χ4n) is 3.40. The molecule has 0 bridgehead atoms. The van der Waals surface area contributed by atoms with Gasteiger partial charge in [-0.05, 0) is 71.6 Å². The second-order valence-corrected chi connectivity index (χ2v) is 8.22. The molecule has 3 rings (SSSR count). The van der Waals surface area contributed by atoms with E-state index in [0.29, 0.717) is 25.9 Å². The maximum Gasteiger partial charge on any atom is 0.193 e. The highest BCUT2D eigenvalue weighted by molar-refractivity contribution is 9.10. The Morgan fingerprint density at radius 2 is 2.11 bits per heavy atom. The Morgan fingerprint density at radius 3 is 2.86 bits per heavy atom. The van der Waals surface area contributed by atoms with Crippen molar-refractivity contribution in [2.24, 2.45) is 10.7 Å². The SMILES string of the molecule is CCOc1c(Br)cc(C)cc1-c1cccc(C2(C)CCOCN(C)C(N)=N2)c1. The molecule has 1 unspecified atom stereocenters. The molecule has 5 nitrogen and oxygen atoms in total. The fraction of sp³-hybridized carbons (Fsp3) is 0.409. The Kier molecular flexibility index (Phi) is 6.30. The molecule has 0 radical (unpaired) electrons. The van der Waals surface area contributed by atoms with E-state index in [0.717, 1.165) is 33.3 Å². The number of hydrogen-bond donors (Lipinski definition) is 1. The summed E-state index contributed by atoms with van der Waals surface area (Å²) in [6, 6.07) is 12.7. The minimum absolute atomic E-state index is 0.457. The number of halogens is 1. The summed E-state index contributed by atoms with van der Waals surface area (Å²) in [5, 5.41) is 0. The minimum Gasteiger partial charge on any atom is -0.492 e. The van der Waals surface area contributed by atoms with Crippen LogP contribution in [0.15, 0.2) is 45.9 Å². The lowest BCUT2D eigenvalue weighted by atomic mass is 9.87. The number of hydrogen-bond acceptors (Lipinski definition) is 5. The van der Waals surface area contributed by atoms with Crippen LogP contribution in [-0.4, -0.2) is 37.9 Å². The zero-order valence-electron chi connectivity index (χ0n) is 17.0. The molecule has 0 spiro atoms. The van der Waals surface area contributed by atoms with Crippen molar-refractivity contribution in [1.82, 2.24) is 4.90 Å². The van der Waals surface area contributed by atoms with E-state index in [1.165, 1.54) is 5.56 Å². The van der Waals surface area contributed by atoms with Gasteiger partial charge in [0, 0.05) is 19.0 Å². The minimum atomic E-state index is -0.457. The van der Waals surface area contributed by atoms with Gasteiger partial charge in [0.2, 0.25) is 0 Å². The number of ether oxygens (including phenoxy) is 2. The van der Waals surface area contributed by atoms with Crippen LogP contribution < -0.4 is 10.5 Å². The maximum absolute atomic E-state index is 6.18. The molecule has 0 saturated heterocycles. The van der Waals surface area contributed by atoms with Crippen molar-refractivity contribution in [3.63, 3.8) is 0 Å². The molecule has 28 heavy (non-hydrogen) atoms. The van der Waals surface area contributed by atoms with E-state index < -0.39 is 5.54 Å². The molecule has 0 fully saturated rings. The van der Waals surface area contributed by atoms with E-state index in [2.05, 4.69) is 66.2 Å². The number of aryl methyl sites for hydroxylation is 1. The van der Waals surface area contributed by atoms with Gasteiger partial charge in [-0.2, -0.15) is 0 Å². The highest BCUT2D eigenvalue weighted by atomic mass is 79.9. The molecular weight excluding hydrogens is 418 g/mol. The molecule has 2 aromatic carbocycles. The molecule has 1 heterocycles. The van der Waals surface area contributed by atoms with Gasteiger partial charge in [0.15, 0.2) is 5.96 Å². The Labute approximate surface area is 175 Å². The quantitative estimate of drug-likeness (QED) is 0.742. The first-order valence-corrected chi connectivity index (χ1v) is 10.3. The highest BCUT2D eigenvalue weighted by Crippen LogP contribution is 2.40. The lowest BCUT2D eigenvalue weighted by molar-refractivity contribution is 0.0564. The molecule has 1 aliphatic heterocycles. The van der Waals surface area contributed by atoms with Crippen LogP contribution in [0.1, 0.15) is 31.4 Å². The van der Waals surface area contributed by atoms with Gasteiger partial charge in [-0.25, -0.2) is 4.99 Å². The van der Waals surface area contributed by atoms with Crippen LogP contribution >= 0.6 is 15.9 Å². The topological polar surface area (TPSA) is 60.1 Å². The molecule has 0 aliphatic carbocycles. The molecule has 2 aromatic rings. The summed E-state index contributed by atoms with van der Waals surface area (Å²) in [6.45, 7) is 7.88. The van der Waals surface area contributed by atoms with Crippen LogP contribution in [-0.2, 0) is 10.3 Å². The Hall–Kier alpha value is -2.05. The van der Waals surface area contributed by atoms with Crippen LogP contribution in [0.2, 0.25) is 0 Å². The smallest absolute Gasteiger partial charge is 0.193 e. The zero-order valence-corrected chi connectivity index (χ0v) is 18.5. The number of nitrogens with zero attached hydrogens (tertiary/aromatic N) is 2. The largest absolute Gasteiger partial charge is 0.492 e. The lowest BCUT2D eigenvalue weighted by Crippen LogP contribution is -2.41. The summed E-state index contributed by atoms with van der Waals surface area (Å²) < 4.78 is 12.6. The summed E-state index contributed by atoms with van der Waals surface area (Å²) in [7, 11) is 1.89. The van der Waals surface area contributed by atoms with E-state index in [9.17, 15) is 0 Å². The van der Waals surface area contributed by atoms with Gasteiger partial charge in [-0.3, -0.25) is 0 Å². The van der Waals surface area contributed by atoms with E-state index in [1.54, 1.807) is 0 Å². The predicted molar refractivity (Wildman–Crippen MR) is 118 cm³/mol. The van der Waals surface area contributed by atoms with Gasteiger partial charge in [0.25, 0.3) is 0 Å². The fourth-order valence-corrected chi connectivity index (χ4v) is 4.09. The van der Waals surface area contributed by atoms with Gasteiger partial charge >= 0.3 is 0 Å². The Bertz CT molecular complexity index is 884. The van der Waals surface area contributed by atoms with Crippen molar-refractivity contribution in [3.05, 3.63) is 52.0 Å². The predicted octanol–water partition coefficient (Wildman–Crippen LogP) is 4.66. The zero-order chi connectivity index (χ0) is 20.3. The summed E-state index contributed by atoms with van der Waals surface area (Å²) in [5.41, 5.74) is 10.2. The third-order valence-electron chi connectivity index (χ3n) is 5.04. The molecule has 0 saturated carbocycles. The van der Waals surface area contributed by atoms with Crippen molar-refractivity contribution in [2.75, 3.05) is 27.0 Å². The van der Waals surface area contributed by atoms with Crippen molar-refractivity contribution in [3.8, 4) is 16.9 Å². The van der Waals surface area contributed by atoms with Crippen molar-refractivity contribution < 1.29 is 9.47 Å². The third kappa shape index (κ3) is 4.33. The number of guanidine groups is 1. The second kappa shape index (κ2) is 8.53. The standard InChI is InChI=1S/C22H28BrN3O2/c1-5-28-20-18(11-15(2)12-19(20)23)16-7-6-8-17(13-16)22(3)9-10-27-14-26(4)21(24)25-22/h6-8,11-13H,5,9-10,14H2,1-4H3,(H2,24,25). The maximum atomic E-state index is 6.18. The molecule has 150 valence electrons. The van der Waals surface area contributed by atoms with E-state index >= 15 is 0 Å². The van der Waals surface area contributed by atoms with Gasteiger partial charge in [0.05, 0.1) is 23.2 Å². The molecular formula is C22H28BrN3O2. The average molecular weight is 446 g/mol. The highest BCUT2D eigenvalue weighted by Gasteiger charge is 2.29. The van der Waals surface area contributed by atoms with Crippen molar-refractivity contribution in [2.45, 2.75) is 32.7 Å². The Balaban J connectivity index is 2.09. The molecule has 2 N–H and O–H groups in total. The molecule has 1 atom stereocenters. The van der Waals surface area contributed by atoms with Crippen molar-refractivity contribution in [1.29, 1.82) is 0 Å². The van der Waals surface area contributed by atoms with Gasteiger partial charge in [0.1, 0.15) is 12.5 Å². The second-order valence-electron chi connectivity index (χ2n) is 7.37. The van der Waals surface area contributed by atoms with Gasteiger partial charge in [-0.1, -0.05) is 18.2 Å². The molecule has 0 aromatic heterocycles. The normalized spacial score (nSPS) is 20.3. The number of rotatable bonds is 4. The van der Waals surface area contributed by atoms with Crippen LogP contribution in [0.4, 0.5) is 0 Å². The van der Waals surface area contributed by atoms with Gasteiger partial charge in [-0.15, -0.1) is 0 Å². The first-order chi connectivity index (χ1) is 13.3. The molecule has 6 heteroatoms. The van der Waals surface area contributed by atoms with Crippen LogP contribution in [0.5, 0.6) is 5.75 Å². The third-order valence-corrected chi connectivity index (χ3v) is 5.63. The van der Waals surface area contributed by atoms with E-state index in [1.807, 2.05) is 18.9 Å². The van der Waals surface area contributed by atoms with Crippen LogP contribution in [0.3, 0.4) is 0 Å². The average Bonchev–Trinajstić information content (AvgIpc) is 2.66. The Morgan fingerprint density at radius 1 is 1.32 bits per heavy atom. The summed E-state index contributed by atoms with van der Waals surface area (Å²) in [6.07, 6.45) is 0.765. The summed E-state index contributed by atoms with van der Waals surface area (Å²) in [5.74, 6) is 1.35. The van der Waals surface area contributed by atoms with Crippen LogP contribution in [0, 0.1) is 6.92 Å². The van der Waals surface area contributed by atoms with Gasteiger partial charge < -0.3 is 20.1 Å². The molecule has 0 amide bonds. The van der Waals surface area contributed by atoms with E-state index in [4.69, 9.17) is 20.2 Å².